The van der Waals surface area contributed by atoms with Gasteiger partial charge in [-0.1, -0.05) is 60.1 Å². The van der Waals surface area contributed by atoms with Crippen LogP contribution in [0, 0.1) is 50.2 Å². The molecule has 0 aromatic rings. The largest absolute Gasteiger partial charge is 0.479 e. The highest BCUT2D eigenvalue weighted by Crippen LogP contribution is 2.76. The van der Waals surface area contributed by atoms with Crippen molar-refractivity contribution in [1.29, 1.82) is 0 Å². The molecule has 11 unspecified atom stereocenters. The number of ether oxygens (including phenoxy) is 6. The maximum atomic E-state index is 12.8. The predicted octanol–water partition coefficient (Wildman–Crippen LogP) is -2.77. The Bertz CT molecular complexity index is 1880. The van der Waals surface area contributed by atoms with E-state index in [0.29, 0.717) is 38.5 Å². The number of aliphatic carboxylic acids is 1. The van der Waals surface area contributed by atoms with Crippen molar-refractivity contribution in [2.45, 2.75) is 204 Å². The Hall–Kier alpha value is -1.55. The van der Waals surface area contributed by atoms with Gasteiger partial charge in [0.15, 0.2) is 25.0 Å². The second-order valence-corrected chi connectivity index (χ2v) is 23.3. The van der Waals surface area contributed by atoms with Crippen molar-refractivity contribution in [2.75, 3.05) is 19.8 Å². The second-order valence-electron chi connectivity index (χ2n) is 23.3. The van der Waals surface area contributed by atoms with Gasteiger partial charge in [0.1, 0.15) is 61.0 Å². The van der Waals surface area contributed by atoms with Crippen molar-refractivity contribution in [3.63, 3.8) is 0 Å². The molecule has 8 rings (SSSR count). The van der Waals surface area contributed by atoms with Crippen LogP contribution in [0.2, 0.25) is 0 Å². The smallest absolute Gasteiger partial charge is 0.335 e. The average Bonchev–Trinajstić information content (AvgIpc) is 3.55. The molecule has 21 heteroatoms. The summed E-state index contributed by atoms with van der Waals surface area (Å²) in [6, 6.07) is 0. The van der Waals surface area contributed by atoms with E-state index in [1.165, 1.54) is 0 Å². The molecule has 390 valence electrons. The number of hydrogen-bond donors (Lipinski definition) is 14. The van der Waals surface area contributed by atoms with Gasteiger partial charge in [0, 0.05) is 5.41 Å². The van der Waals surface area contributed by atoms with Crippen LogP contribution in [0.5, 0.6) is 0 Å². The van der Waals surface area contributed by atoms with Crippen LogP contribution in [0.4, 0.5) is 0 Å². The molecule has 3 heterocycles. The zero-order valence-corrected chi connectivity index (χ0v) is 39.8. The third-order valence-electron chi connectivity index (χ3n) is 19.5. The lowest BCUT2D eigenvalue weighted by atomic mass is 9.32. The Balaban J connectivity index is 1.12. The summed E-state index contributed by atoms with van der Waals surface area (Å²) in [5.41, 5.74) is -4.33. The van der Waals surface area contributed by atoms with Crippen molar-refractivity contribution in [1.82, 2.24) is 0 Å². The lowest BCUT2D eigenvalue weighted by Gasteiger charge is -2.73. The molecular weight excluding hydrogens is 900 g/mol. The standard InChI is InChI=1S/C47H76O21/c1-42(2)14-19-18-8-9-23-44(5)12-11-24(43(3,4)22(44)10-13-45(23,6)46(18,7)35(58)37(60)47(19,17-50)36(59)34(42)57)65-41-33(68-40-29(55)27(53)25(51)20(15-48)63-40)31(30(56)32(67-41)38(61)62)66-39-28(54)26(52)21(16-49)64-39/h8,19-37,39-41,48-60H,9-17H2,1-7H3,(H,61,62)/t19?,20?,21-,22?,23?,24-,25-,26?,27?,28?,29?,30-,31?,32?,33?,34-,35-,36-,37+,39-,40-,41+,44-,45+,46-,47+/m0/s1. The summed E-state index contributed by atoms with van der Waals surface area (Å²) in [6.45, 7) is 11.9. The average molecular weight is 977 g/mol. The van der Waals surface area contributed by atoms with Crippen molar-refractivity contribution < 1.29 is 105 Å². The summed E-state index contributed by atoms with van der Waals surface area (Å²) in [4.78, 5) is 12.8. The Kier molecular flexibility index (Phi) is 14.1. The van der Waals surface area contributed by atoms with E-state index in [-0.39, 0.29) is 11.8 Å². The minimum Gasteiger partial charge on any atom is -0.479 e. The third-order valence-corrected chi connectivity index (χ3v) is 19.5. The number of allylic oxidation sites excluding steroid dienone is 1. The van der Waals surface area contributed by atoms with Crippen molar-refractivity contribution in [3.05, 3.63) is 11.6 Å². The van der Waals surface area contributed by atoms with E-state index in [1.807, 2.05) is 34.6 Å². The fourth-order valence-electron chi connectivity index (χ4n) is 15.2. The minimum atomic E-state index is -2.10. The predicted molar refractivity (Wildman–Crippen MR) is 230 cm³/mol. The summed E-state index contributed by atoms with van der Waals surface area (Å²) in [5, 5.41) is 154. The monoisotopic (exact) mass is 976 g/mol. The third kappa shape index (κ3) is 7.46. The quantitative estimate of drug-likeness (QED) is 0.0778. The Morgan fingerprint density at radius 2 is 1.19 bits per heavy atom. The molecular formula is C47H76O21. The molecule has 3 aliphatic heterocycles. The summed E-state index contributed by atoms with van der Waals surface area (Å²) < 4.78 is 36.2. The molecule has 7 fully saturated rings. The fourth-order valence-corrected chi connectivity index (χ4v) is 15.2. The van der Waals surface area contributed by atoms with Gasteiger partial charge in [0.25, 0.3) is 0 Å². The van der Waals surface area contributed by atoms with Crippen LogP contribution >= 0.6 is 0 Å². The molecule has 3 saturated heterocycles. The number of rotatable bonds is 10. The molecule has 21 nitrogen and oxygen atoms in total. The van der Waals surface area contributed by atoms with E-state index in [1.54, 1.807) is 0 Å². The molecule has 0 aromatic carbocycles. The van der Waals surface area contributed by atoms with Gasteiger partial charge in [-0.3, -0.25) is 0 Å². The van der Waals surface area contributed by atoms with Crippen LogP contribution in [-0.2, 0) is 33.2 Å². The number of carboxylic acids is 1. The molecule has 0 spiro atoms. The number of fused-ring (bicyclic) bond motifs is 7. The van der Waals surface area contributed by atoms with Gasteiger partial charge in [-0.05, 0) is 77.9 Å². The molecule has 0 aromatic heterocycles. The number of aliphatic hydroxyl groups excluding tert-OH is 13. The molecule has 26 atom stereocenters. The van der Waals surface area contributed by atoms with Gasteiger partial charge in [0.2, 0.25) is 0 Å². The van der Waals surface area contributed by atoms with Gasteiger partial charge < -0.3 is 99.9 Å². The van der Waals surface area contributed by atoms with Gasteiger partial charge >= 0.3 is 5.97 Å². The molecule has 4 saturated carbocycles. The van der Waals surface area contributed by atoms with Crippen LogP contribution in [0.15, 0.2) is 11.6 Å². The first-order valence-corrected chi connectivity index (χ1v) is 24.1. The summed E-state index contributed by atoms with van der Waals surface area (Å²) in [6.07, 6.45) is -26.4. The minimum absolute atomic E-state index is 0.0771. The molecule has 0 radical (unpaired) electrons. The molecule has 0 amide bonds. The van der Waals surface area contributed by atoms with Gasteiger partial charge in [-0.2, -0.15) is 0 Å². The highest BCUT2D eigenvalue weighted by atomic mass is 16.8. The maximum Gasteiger partial charge on any atom is 0.335 e. The zero-order valence-electron chi connectivity index (χ0n) is 39.8. The number of hydrogen-bond acceptors (Lipinski definition) is 20. The second kappa shape index (κ2) is 18.1. The summed E-state index contributed by atoms with van der Waals surface area (Å²) >= 11 is 0. The van der Waals surface area contributed by atoms with Crippen LogP contribution in [0.3, 0.4) is 0 Å². The van der Waals surface area contributed by atoms with Gasteiger partial charge in [-0.25, -0.2) is 4.79 Å². The molecule has 8 aliphatic rings. The van der Waals surface area contributed by atoms with E-state index in [9.17, 15) is 76.3 Å². The highest BCUT2D eigenvalue weighted by molar-refractivity contribution is 5.73. The first-order chi connectivity index (χ1) is 31.6. The Morgan fingerprint density at radius 1 is 0.632 bits per heavy atom. The van der Waals surface area contributed by atoms with E-state index in [0.717, 1.165) is 5.57 Å². The summed E-state index contributed by atoms with van der Waals surface area (Å²) in [7, 11) is 0. The topological polar surface area (TPSA) is 356 Å². The molecule has 5 aliphatic carbocycles. The molecule has 0 bridgehead atoms. The lowest BCUT2D eigenvalue weighted by molar-refractivity contribution is -0.386. The molecule has 14 N–H and O–H groups in total. The normalized spacial score (nSPS) is 55.3. The van der Waals surface area contributed by atoms with E-state index >= 15 is 0 Å². The zero-order chi connectivity index (χ0) is 50.2. The van der Waals surface area contributed by atoms with E-state index < -0.39 is 181 Å². The van der Waals surface area contributed by atoms with Gasteiger partial charge in [0.05, 0.1) is 55.8 Å². The van der Waals surface area contributed by atoms with Crippen LogP contribution in [0.25, 0.3) is 0 Å². The van der Waals surface area contributed by atoms with Crippen LogP contribution in [-0.4, -0.2) is 214 Å². The fraction of sp³-hybridized carbons (Fsp3) is 0.936. The van der Waals surface area contributed by atoms with E-state index in [4.69, 9.17) is 28.4 Å². The van der Waals surface area contributed by atoms with Gasteiger partial charge in [-0.15, -0.1) is 0 Å². The first kappa shape index (κ1) is 52.8. The summed E-state index contributed by atoms with van der Waals surface area (Å²) in [5.74, 6) is -2.36. The lowest BCUT2D eigenvalue weighted by Crippen LogP contribution is -2.76. The Morgan fingerprint density at radius 3 is 1.76 bits per heavy atom. The number of aliphatic hydroxyl groups is 13. The molecule has 68 heavy (non-hydrogen) atoms. The van der Waals surface area contributed by atoms with Crippen LogP contribution in [0.1, 0.15) is 87.0 Å². The first-order valence-electron chi connectivity index (χ1n) is 24.1. The maximum absolute atomic E-state index is 12.8. The van der Waals surface area contributed by atoms with Crippen molar-refractivity contribution >= 4 is 5.97 Å². The van der Waals surface area contributed by atoms with Crippen molar-refractivity contribution in [3.8, 4) is 0 Å². The Labute approximate surface area is 395 Å². The SMILES string of the molecule is CC1(C)CC2C3=CCC4[C@@]5(C)CC[C@H](O[C@@H]6OC(C(=O)O)[C@@H](O)C(O[C@@H]7O[C@@H](CO)C(O)C7O)C6O[C@@H]6OC(CO)[C@H](O)C(O)C6O)C(C)(C)C5CC[C@@]4(C)[C@]3(C)[C@@H](O)[C@@H](O)[C@@]2(CO)[C@@H](O)[C@@H]1O. The van der Waals surface area contributed by atoms with Crippen LogP contribution < -0.4 is 0 Å². The van der Waals surface area contributed by atoms with Crippen molar-refractivity contribution in [2.24, 2.45) is 50.2 Å². The highest BCUT2D eigenvalue weighted by Gasteiger charge is 2.75. The number of carbonyl (C=O) groups is 1. The van der Waals surface area contributed by atoms with E-state index in [2.05, 4.69) is 19.9 Å². The number of carboxylic acid groups (broad SMARTS) is 1.